The molecule has 0 spiro atoms. The van der Waals surface area contributed by atoms with Crippen molar-refractivity contribution in [1.82, 2.24) is 0 Å². The molecule has 1 aliphatic rings. The van der Waals surface area contributed by atoms with Gasteiger partial charge in [-0.3, -0.25) is 0 Å². The molecule has 1 rings (SSSR count). The first-order chi connectivity index (χ1) is 3.80. The summed E-state index contributed by atoms with van der Waals surface area (Å²) in [5.74, 6) is 0.726. The molecular formula is C7H14N. The Morgan fingerprint density at radius 3 is 2.75 bits per heavy atom. The average molecular weight is 112 g/mol. The van der Waals surface area contributed by atoms with Crippen molar-refractivity contribution in [2.45, 2.75) is 32.2 Å². The summed E-state index contributed by atoms with van der Waals surface area (Å²) >= 11 is 0. The van der Waals surface area contributed by atoms with Crippen molar-refractivity contribution in [3.05, 3.63) is 6.42 Å². The van der Waals surface area contributed by atoms with Crippen molar-refractivity contribution in [3.8, 4) is 0 Å². The first-order valence-electron chi connectivity index (χ1n) is 3.38. The maximum absolute atomic E-state index is 5.76. The minimum Gasteiger partial charge on any atom is -0.327 e. The summed E-state index contributed by atoms with van der Waals surface area (Å²) in [4.78, 5) is 0. The van der Waals surface area contributed by atoms with Crippen LogP contribution in [-0.4, -0.2) is 6.04 Å². The molecule has 2 unspecified atom stereocenters. The summed E-state index contributed by atoms with van der Waals surface area (Å²) in [5.41, 5.74) is 5.76. The molecule has 1 saturated carbocycles. The highest BCUT2D eigenvalue weighted by molar-refractivity contribution is 4.83. The van der Waals surface area contributed by atoms with E-state index in [1.165, 1.54) is 19.3 Å². The van der Waals surface area contributed by atoms with Crippen LogP contribution in [0.4, 0.5) is 0 Å². The molecule has 0 aromatic rings. The Hall–Kier alpha value is -0.0400. The molecule has 47 valence electrons. The van der Waals surface area contributed by atoms with E-state index in [4.69, 9.17) is 5.73 Å². The van der Waals surface area contributed by atoms with Gasteiger partial charge in [-0.05, 0) is 31.6 Å². The van der Waals surface area contributed by atoms with Crippen molar-refractivity contribution in [2.24, 2.45) is 11.7 Å². The number of hydrogen-bond acceptors (Lipinski definition) is 1. The smallest absolute Gasteiger partial charge is 0.00647 e. The molecule has 0 bridgehead atoms. The molecule has 1 nitrogen and oxygen atoms in total. The summed E-state index contributed by atoms with van der Waals surface area (Å²) in [7, 11) is 0. The number of nitrogens with two attached hydrogens (primary N) is 1. The standard InChI is InChI=1S/C7H14N/c1-6-4-2-3-5-7(6)8/h2,6-7H,3-5,8H2,1H3. The van der Waals surface area contributed by atoms with Crippen LogP contribution in [-0.2, 0) is 0 Å². The van der Waals surface area contributed by atoms with E-state index in [-0.39, 0.29) is 0 Å². The fourth-order valence-electron chi connectivity index (χ4n) is 1.15. The van der Waals surface area contributed by atoms with E-state index in [1.807, 2.05) is 0 Å². The van der Waals surface area contributed by atoms with Crippen molar-refractivity contribution in [1.29, 1.82) is 0 Å². The quantitative estimate of drug-likeness (QED) is 0.502. The lowest BCUT2D eigenvalue weighted by molar-refractivity contribution is 0.381. The van der Waals surface area contributed by atoms with E-state index in [2.05, 4.69) is 13.3 Å². The van der Waals surface area contributed by atoms with Gasteiger partial charge in [-0.1, -0.05) is 6.92 Å². The lowest BCUT2D eigenvalue weighted by atomic mass is 9.87. The van der Waals surface area contributed by atoms with Crippen LogP contribution in [0.1, 0.15) is 26.2 Å². The molecule has 0 saturated heterocycles. The van der Waals surface area contributed by atoms with Gasteiger partial charge < -0.3 is 5.73 Å². The highest BCUT2D eigenvalue weighted by Crippen LogP contribution is 2.20. The van der Waals surface area contributed by atoms with Crippen LogP contribution in [0.15, 0.2) is 0 Å². The normalized spacial score (nSPS) is 39.8. The maximum atomic E-state index is 5.76. The van der Waals surface area contributed by atoms with Gasteiger partial charge in [0.25, 0.3) is 0 Å². The fourth-order valence-corrected chi connectivity index (χ4v) is 1.15. The highest BCUT2D eigenvalue weighted by atomic mass is 14.6. The van der Waals surface area contributed by atoms with Crippen molar-refractivity contribution < 1.29 is 0 Å². The second-order valence-corrected chi connectivity index (χ2v) is 2.74. The van der Waals surface area contributed by atoms with Crippen molar-refractivity contribution in [3.63, 3.8) is 0 Å². The molecule has 1 aliphatic carbocycles. The Balaban J connectivity index is 2.28. The van der Waals surface area contributed by atoms with E-state index in [0.29, 0.717) is 6.04 Å². The van der Waals surface area contributed by atoms with Gasteiger partial charge >= 0.3 is 0 Å². The van der Waals surface area contributed by atoms with Crippen LogP contribution >= 0.6 is 0 Å². The molecule has 0 aromatic carbocycles. The van der Waals surface area contributed by atoms with Gasteiger partial charge in [0.15, 0.2) is 0 Å². The van der Waals surface area contributed by atoms with Gasteiger partial charge in [-0.25, -0.2) is 0 Å². The van der Waals surface area contributed by atoms with E-state index in [9.17, 15) is 0 Å². The van der Waals surface area contributed by atoms with Gasteiger partial charge in [0.2, 0.25) is 0 Å². The van der Waals surface area contributed by atoms with E-state index in [1.54, 1.807) is 0 Å². The monoisotopic (exact) mass is 112 g/mol. The first kappa shape index (κ1) is 6.09. The molecule has 0 amide bonds. The van der Waals surface area contributed by atoms with Crippen LogP contribution in [0.3, 0.4) is 0 Å². The zero-order valence-electron chi connectivity index (χ0n) is 5.43. The lowest BCUT2D eigenvalue weighted by Crippen LogP contribution is -2.30. The molecule has 2 N–H and O–H groups in total. The van der Waals surface area contributed by atoms with Gasteiger partial charge in [0, 0.05) is 6.04 Å². The predicted molar refractivity (Wildman–Crippen MR) is 35.3 cm³/mol. The van der Waals surface area contributed by atoms with Crippen LogP contribution in [0.5, 0.6) is 0 Å². The van der Waals surface area contributed by atoms with Crippen LogP contribution in [0.25, 0.3) is 0 Å². The Morgan fingerprint density at radius 2 is 2.38 bits per heavy atom. The maximum Gasteiger partial charge on any atom is 0.00647 e. The van der Waals surface area contributed by atoms with Gasteiger partial charge in [0.1, 0.15) is 0 Å². The number of rotatable bonds is 0. The van der Waals surface area contributed by atoms with E-state index < -0.39 is 0 Å². The molecule has 1 fully saturated rings. The van der Waals surface area contributed by atoms with Crippen molar-refractivity contribution in [2.75, 3.05) is 0 Å². The predicted octanol–water partition coefficient (Wildman–Crippen LogP) is 1.34. The minimum atomic E-state index is 0.472. The minimum absolute atomic E-state index is 0.472. The molecule has 1 radical (unpaired) electrons. The van der Waals surface area contributed by atoms with E-state index in [0.717, 1.165) is 5.92 Å². The van der Waals surface area contributed by atoms with Crippen LogP contribution in [0, 0.1) is 12.3 Å². The highest BCUT2D eigenvalue weighted by Gasteiger charge is 2.16. The number of hydrogen-bond donors (Lipinski definition) is 1. The first-order valence-corrected chi connectivity index (χ1v) is 3.38. The van der Waals surface area contributed by atoms with Gasteiger partial charge in [-0.2, -0.15) is 0 Å². The van der Waals surface area contributed by atoms with Crippen molar-refractivity contribution >= 4 is 0 Å². The van der Waals surface area contributed by atoms with E-state index >= 15 is 0 Å². The summed E-state index contributed by atoms with van der Waals surface area (Å²) in [6.07, 6.45) is 5.99. The summed E-state index contributed by atoms with van der Waals surface area (Å²) < 4.78 is 0. The molecule has 1 heteroatoms. The third-order valence-electron chi connectivity index (χ3n) is 1.97. The third-order valence-corrected chi connectivity index (χ3v) is 1.97. The second kappa shape index (κ2) is 2.49. The van der Waals surface area contributed by atoms with Gasteiger partial charge in [0.05, 0.1) is 0 Å². The molecule has 2 atom stereocenters. The molecule has 0 aliphatic heterocycles. The molecule has 0 heterocycles. The largest absolute Gasteiger partial charge is 0.327 e. The van der Waals surface area contributed by atoms with Gasteiger partial charge in [-0.15, -0.1) is 0 Å². The van der Waals surface area contributed by atoms with Crippen LogP contribution < -0.4 is 5.73 Å². The SMILES string of the molecule is CC1C[CH]CCC1N. The summed E-state index contributed by atoms with van der Waals surface area (Å²) in [6, 6.07) is 0.472. The molecule has 0 aromatic heterocycles. The van der Waals surface area contributed by atoms with Crippen LogP contribution in [0.2, 0.25) is 0 Å². The Morgan fingerprint density at radius 1 is 1.62 bits per heavy atom. The Labute approximate surface area is 51.3 Å². The fraction of sp³-hybridized carbons (Fsp3) is 0.857. The lowest BCUT2D eigenvalue weighted by Gasteiger charge is -2.24. The molecular weight excluding hydrogens is 98.1 g/mol. The topological polar surface area (TPSA) is 26.0 Å². The summed E-state index contributed by atoms with van der Waals surface area (Å²) in [5, 5.41) is 0. The summed E-state index contributed by atoms with van der Waals surface area (Å²) in [6.45, 7) is 2.22. The average Bonchev–Trinajstić information content (AvgIpc) is 1.77. The second-order valence-electron chi connectivity index (χ2n) is 2.74. The molecule has 8 heavy (non-hydrogen) atoms. The zero-order valence-corrected chi connectivity index (χ0v) is 5.43. The Bertz CT molecular complexity index is 60.8. The zero-order chi connectivity index (χ0) is 5.98. The Kier molecular flexibility index (Phi) is 1.90. The third kappa shape index (κ3) is 1.22.